The summed E-state index contributed by atoms with van der Waals surface area (Å²) < 4.78 is 4.69. The van der Waals surface area contributed by atoms with E-state index in [4.69, 9.17) is 4.74 Å². The molecule has 0 heterocycles. The van der Waals surface area contributed by atoms with Gasteiger partial charge in [0.1, 0.15) is 0 Å². The number of carbonyl (C=O) groups is 2. The van der Waals surface area contributed by atoms with Gasteiger partial charge in [-0.15, -0.1) is 0 Å². The molecule has 2 aromatic rings. The number of benzene rings is 2. The number of methoxy groups -OCH3 is 1. The van der Waals surface area contributed by atoms with Crippen molar-refractivity contribution in [2.24, 2.45) is 0 Å². The van der Waals surface area contributed by atoms with Gasteiger partial charge in [0, 0.05) is 23.8 Å². The van der Waals surface area contributed by atoms with Crippen molar-refractivity contribution in [3.63, 3.8) is 0 Å². The van der Waals surface area contributed by atoms with Gasteiger partial charge in [-0.3, -0.25) is 9.69 Å². The zero-order valence-electron chi connectivity index (χ0n) is 16.6. The maximum atomic E-state index is 12.7. The second-order valence-corrected chi connectivity index (χ2v) is 7.39. The quantitative estimate of drug-likeness (QED) is 0.750. The molecule has 1 N–H and O–H groups in total. The molecule has 1 aliphatic rings. The number of ether oxygens (including phenoxy) is 1. The van der Waals surface area contributed by atoms with E-state index in [0.717, 1.165) is 17.8 Å². The van der Waals surface area contributed by atoms with E-state index in [1.165, 1.54) is 39.2 Å². The summed E-state index contributed by atoms with van der Waals surface area (Å²) in [4.78, 5) is 26.6. The smallest absolute Gasteiger partial charge is 0.337 e. The molecule has 0 aliphatic heterocycles. The maximum absolute atomic E-state index is 12.7. The lowest BCUT2D eigenvalue weighted by Crippen LogP contribution is -2.33. The Morgan fingerprint density at radius 1 is 1.00 bits per heavy atom. The van der Waals surface area contributed by atoms with Crippen LogP contribution in [0.3, 0.4) is 0 Å². The number of amides is 1. The first kappa shape index (κ1) is 20.1. The molecule has 1 aliphatic carbocycles. The topological polar surface area (TPSA) is 58.6 Å². The largest absolute Gasteiger partial charge is 0.465 e. The average Bonchev–Trinajstić information content (AvgIpc) is 2.75. The third kappa shape index (κ3) is 4.98. The summed E-state index contributed by atoms with van der Waals surface area (Å²) >= 11 is 0. The molecule has 5 nitrogen and oxygen atoms in total. The van der Waals surface area contributed by atoms with Gasteiger partial charge in [-0.05, 0) is 55.8 Å². The van der Waals surface area contributed by atoms with Crippen LogP contribution >= 0.6 is 0 Å². The number of para-hydroxylation sites is 1. The third-order valence-electron chi connectivity index (χ3n) is 5.45. The highest BCUT2D eigenvalue weighted by Gasteiger charge is 2.19. The first-order valence-electron chi connectivity index (χ1n) is 9.86. The van der Waals surface area contributed by atoms with Gasteiger partial charge in [-0.25, -0.2) is 4.79 Å². The first-order chi connectivity index (χ1) is 13.6. The van der Waals surface area contributed by atoms with Crippen LogP contribution in [0.5, 0.6) is 0 Å². The number of hydrogen-bond acceptors (Lipinski definition) is 4. The van der Waals surface area contributed by atoms with Gasteiger partial charge in [0.15, 0.2) is 0 Å². The van der Waals surface area contributed by atoms with Crippen LogP contribution in [-0.4, -0.2) is 37.0 Å². The summed E-state index contributed by atoms with van der Waals surface area (Å²) in [5.74, 6) is -0.604. The lowest BCUT2D eigenvalue weighted by atomic mass is 9.94. The molecule has 3 rings (SSSR count). The molecule has 0 bridgehead atoms. The molecule has 0 atom stereocenters. The van der Waals surface area contributed by atoms with Crippen LogP contribution in [0.4, 0.5) is 5.69 Å². The zero-order chi connectivity index (χ0) is 19.9. The molecule has 1 saturated carbocycles. The molecule has 1 amide bonds. The minimum Gasteiger partial charge on any atom is -0.465 e. The Labute approximate surface area is 166 Å². The van der Waals surface area contributed by atoms with Gasteiger partial charge >= 0.3 is 5.97 Å². The van der Waals surface area contributed by atoms with Crippen LogP contribution in [0, 0.1) is 0 Å². The number of anilines is 1. The van der Waals surface area contributed by atoms with Crippen molar-refractivity contribution >= 4 is 17.6 Å². The summed E-state index contributed by atoms with van der Waals surface area (Å²) in [6.45, 7) is 0.808. The Morgan fingerprint density at radius 3 is 2.32 bits per heavy atom. The fourth-order valence-corrected chi connectivity index (χ4v) is 3.77. The van der Waals surface area contributed by atoms with E-state index in [2.05, 4.69) is 23.3 Å². The van der Waals surface area contributed by atoms with Crippen LogP contribution in [0.25, 0.3) is 0 Å². The summed E-state index contributed by atoms with van der Waals surface area (Å²) in [7, 11) is 3.50. The third-order valence-corrected chi connectivity index (χ3v) is 5.45. The van der Waals surface area contributed by atoms with E-state index >= 15 is 0 Å². The molecule has 0 saturated heterocycles. The molecule has 0 radical (unpaired) electrons. The van der Waals surface area contributed by atoms with Crippen LogP contribution in [-0.2, 0) is 11.3 Å². The normalized spacial score (nSPS) is 14.7. The van der Waals surface area contributed by atoms with E-state index < -0.39 is 5.97 Å². The highest BCUT2D eigenvalue weighted by Crippen LogP contribution is 2.25. The molecule has 5 heteroatoms. The number of nitrogens with zero attached hydrogens (tertiary/aromatic N) is 1. The minimum absolute atomic E-state index is 0.191. The van der Waals surface area contributed by atoms with Gasteiger partial charge in [-0.1, -0.05) is 37.5 Å². The van der Waals surface area contributed by atoms with Gasteiger partial charge in [0.25, 0.3) is 5.91 Å². The predicted molar refractivity (Wildman–Crippen MR) is 111 cm³/mol. The Morgan fingerprint density at radius 2 is 1.64 bits per heavy atom. The number of esters is 1. The number of hydrogen-bond donors (Lipinski definition) is 1. The fraction of sp³-hybridized carbons (Fsp3) is 0.391. The van der Waals surface area contributed by atoms with Crippen LogP contribution in [0.1, 0.15) is 58.4 Å². The lowest BCUT2D eigenvalue weighted by Gasteiger charge is -2.31. The van der Waals surface area contributed by atoms with Crippen molar-refractivity contribution in [1.82, 2.24) is 4.90 Å². The van der Waals surface area contributed by atoms with Crippen molar-refractivity contribution in [3.05, 3.63) is 65.2 Å². The summed E-state index contributed by atoms with van der Waals surface area (Å²) in [5, 5.41) is 3.02. The highest BCUT2D eigenvalue weighted by atomic mass is 16.5. The second-order valence-electron chi connectivity index (χ2n) is 7.39. The highest BCUT2D eigenvalue weighted by molar-refractivity contribution is 6.05. The van der Waals surface area contributed by atoms with E-state index in [1.807, 2.05) is 18.2 Å². The molecular weight excluding hydrogens is 352 g/mol. The minimum atomic E-state index is -0.414. The summed E-state index contributed by atoms with van der Waals surface area (Å²) in [5.41, 5.74) is 2.86. The molecule has 0 aromatic heterocycles. The number of rotatable bonds is 6. The Kier molecular flexibility index (Phi) is 6.82. The first-order valence-corrected chi connectivity index (χ1v) is 9.86. The zero-order valence-corrected chi connectivity index (χ0v) is 16.6. The fourth-order valence-electron chi connectivity index (χ4n) is 3.77. The Bertz CT molecular complexity index is 811. The molecule has 0 unspecified atom stereocenters. The predicted octanol–water partition coefficient (Wildman–Crippen LogP) is 4.49. The Hall–Kier alpha value is -2.66. The molecule has 2 aromatic carbocycles. The summed E-state index contributed by atoms with van der Waals surface area (Å²) in [6, 6.07) is 15.0. The van der Waals surface area contributed by atoms with E-state index in [1.54, 1.807) is 24.3 Å². The van der Waals surface area contributed by atoms with E-state index in [0.29, 0.717) is 17.2 Å². The molecule has 148 valence electrons. The molecule has 1 fully saturated rings. The molecule has 28 heavy (non-hydrogen) atoms. The van der Waals surface area contributed by atoms with Crippen molar-refractivity contribution in [3.8, 4) is 0 Å². The SMILES string of the molecule is COC(=O)c1ccc(C(=O)Nc2ccccc2CN(C)C2CCCCC2)cc1. The maximum Gasteiger partial charge on any atom is 0.337 e. The average molecular weight is 380 g/mol. The van der Waals surface area contributed by atoms with Crippen molar-refractivity contribution < 1.29 is 14.3 Å². The van der Waals surface area contributed by atoms with Crippen LogP contribution in [0.2, 0.25) is 0 Å². The van der Waals surface area contributed by atoms with Crippen molar-refractivity contribution in [2.75, 3.05) is 19.5 Å². The van der Waals surface area contributed by atoms with Crippen molar-refractivity contribution in [2.45, 2.75) is 44.7 Å². The van der Waals surface area contributed by atoms with E-state index in [-0.39, 0.29) is 5.91 Å². The van der Waals surface area contributed by atoms with Gasteiger partial charge in [-0.2, -0.15) is 0 Å². The molecular formula is C23H28N2O3. The lowest BCUT2D eigenvalue weighted by molar-refractivity contribution is 0.0600. The van der Waals surface area contributed by atoms with E-state index in [9.17, 15) is 9.59 Å². The molecule has 0 spiro atoms. The summed E-state index contributed by atoms with van der Waals surface area (Å²) in [6.07, 6.45) is 6.44. The second kappa shape index (κ2) is 9.51. The Balaban J connectivity index is 1.68. The van der Waals surface area contributed by atoms with Gasteiger partial charge in [0.2, 0.25) is 0 Å². The van der Waals surface area contributed by atoms with Crippen molar-refractivity contribution in [1.29, 1.82) is 0 Å². The van der Waals surface area contributed by atoms with Crippen LogP contribution in [0.15, 0.2) is 48.5 Å². The number of carbonyl (C=O) groups excluding carboxylic acids is 2. The number of nitrogens with one attached hydrogen (secondary N) is 1. The van der Waals surface area contributed by atoms with Gasteiger partial charge in [0.05, 0.1) is 12.7 Å². The standard InChI is InChI=1S/C23H28N2O3/c1-25(20-9-4-3-5-10-20)16-19-8-6-7-11-21(19)24-22(26)17-12-14-18(15-13-17)23(27)28-2/h6-8,11-15,20H,3-5,9-10,16H2,1-2H3,(H,24,26). The van der Waals surface area contributed by atoms with Gasteiger partial charge < -0.3 is 10.1 Å². The van der Waals surface area contributed by atoms with Crippen LogP contribution < -0.4 is 5.32 Å². The monoisotopic (exact) mass is 380 g/mol.